The van der Waals surface area contributed by atoms with Gasteiger partial charge in [0, 0.05) is 24.7 Å². The van der Waals surface area contributed by atoms with Crippen LogP contribution >= 0.6 is 0 Å². The second-order valence-corrected chi connectivity index (χ2v) is 3.34. The lowest BCUT2D eigenvalue weighted by Crippen LogP contribution is -2.12. The summed E-state index contributed by atoms with van der Waals surface area (Å²) in [6.07, 6.45) is 4.93. The standard InChI is InChI=1S/C11H8N4O/c16-10-4-6-13-11-8(7-14-15(10)11)9-3-1-2-5-12-9/h1-7,14H. The van der Waals surface area contributed by atoms with E-state index in [1.54, 1.807) is 12.4 Å². The van der Waals surface area contributed by atoms with Crippen molar-refractivity contribution >= 4 is 5.65 Å². The van der Waals surface area contributed by atoms with Gasteiger partial charge in [-0.05, 0) is 12.1 Å². The highest BCUT2D eigenvalue weighted by Crippen LogP contribution is 2.18. The van der Waals surface area contributed by atoms with E-state index < -0.39 is 0 Å². The number of hydrogen-bond donors (Lipinski definition) is 1. The minimum atomic E-state index is -0.132. The summed E-state index contributed by atoms with van der Waals surface area (Å²) < 4.78 is 1.39. The number of aromatic amines is 1. The molecule has 0 radical (unpaired) electrons. The van der Waals surface area contributed by atoms with Gasteiger partial charge in [-0.15, -0.1) is 0 Å². The van der Waals surface area contributed by atoms with E-state index in [9.17, 15) is 4.79 Å². The van der Waals surface area contributed by atoms with Crippen LogP contribution in [0.25, 0.3) is 16.9 Å². The van der Waals surface area contributed by atoms with E-state index in [0.29, 0.717) is 5.65 Å². The molecule has 3 heterocycles. The SMILES string of the molecule is O=c1ccnc2c(-c3ccccn3)c[nH]n12. The van der Waals surface area contributed by atoms with Crippen molar-refractivity contribution in [1.82, 2.24) is 19.6 Å². The molecule has 0 unspecified atom stereocenters. The highest BCUT2D eigenvalue weighted by Gasteiger charge is 2.08. The third-order valence-electron chi connectivity index (χ3n) is 2.37. The van der Waals surface area contributed by atoms with Crippen LogP contribution in [0.2, 0.25) is 0 Å². The molecule has 0 bridgehead atoms. The van der Waals surface area contributed by atoms with Crippen LogP contribution in [-0.4, -0.2) is 19.6 Å². The van der Waals surface area contributed by atoms with Crippen LogP contribution in [0.4, 0.5) is 0 Å². The Labute approximate surface area is 90.4 Å². The molecule has 0 saturated heterocycles. The van der Waals surface area contributed by atoms with Crippen molar-refractivity contribution in [2.24, 2.45) is 0 Å². The highest BCUT2D eigenvalue weighted by molar-refractivity contribution is 5.73. The topological polar surface area (TPSA) is 63.0 Å². The number of aromatic nitrogens is 4. The third kappa shape index (κ3) is 1.22. The van der Waals surface area contributed by atoms with E-state index in [4.69, 9.17) is 0 Å². The molecule has 3 rings (SSSR count). The van der Waals surface area contributed by atoms with Crippen molar-refractivity contribution in [2.75, 3.05) is 0 Å². The van der Waals surface area contributed by atoms with E-state index in [-0.39, 0.29) is 5.56 Å². The van der Waals surface area contributed by atoms with Crippen LogP contribution in [-0.2, 0) is 0 Å². The quantitative estimate of drug-likeness (QED) is 0.656. The summed E-state index contributed by atoms with van der Waals surface area (Å²) in [6, 6.07) is 7.03. The second kappa shape index (κ2) is 3.30. The molecule has 16 heavy (non-hydrogen) atoms. The minimum absolute atomic E-state index is 0.132. The summed E-state index contributed by atoms with van der Waals surface area (Å²) >= 11 is 0. The van der Waals surface area contributed by atoms with Gasteiger partial charge >= 0.3 is 0 Å². The largest absolute Gasteiger partial charge is 0.296 e. The molecular weight excluding hydrogens is 204 g/mol. The van der Waals surface area contributed by atoms with Gasteiger partial charge in [0.25, 0.3) is 5.56 Å². The molecule has 0 saturated carbocycles. The van der Waals surface area contributed by atoms with Crippen LogP contribution in [0.5, 0.6) is 0 Å². The summed E-state index contributed by atoms with van der Waals surface area (Å²) in [5.74, 6) is 0. The van der Waals surface area contributed by atoms with Crippen molar-refractivity contribution in [3.63, 3.8) is 0 Å². The zero-order chi connectivity index (χ0) is 11.0. The molecule has 0 aliphatic carbocycles. The van der Waals surface area contributed by atoms with Crippen LogP contribution < -0.4 is 5.56 Å². The average Bonchev–Trinajstić information content (AvgIpc) is 2.75. The number of hydrogen-bond acceptors (Lipinski definition) is 3. The van der Waals surface area contributed by atoms with Gasteiger partial charge in [-0.2, -0.15) is 0 Å². The Bertz CT molecular complexity index is 684. The molecule has 3 aromatic rings. The Kier molecular flexibility index (Phi) is 1.83. The van der Waals surface area contributed by atoms with Gasteiger partial charge in [0.15, 0.2) is 5.65 Å². The van der Waals surface area contributed by atoms with Crippen LogP contribution in [0, 0.1) is 0 Å². The number of rotatable bonds is 1. The smallest absolute Gasteiger partial charge is 0.272 e. The fourth-order valence-corrected chi connectivity index (χ4v) is 1.63. The van der Waals surface area contributed by atoms with Gasteiger partial charge in [-0.3, -0.25) is 14.9 Å². The maximum absolute atomic E-state index is 11.5. The van der Waals surface area contributed by atoms with E-state index in [0.717, 1.165) is 11.3 Å². The molecule has 0 aromatic carbocycles. The Morgan fingerprint density at radius 2 is 2.06 bits per heavy atom. The van der Waals surface area contributed by atoms with Crippen molar-refractivity contribution in [3.8, 4) is 11.3 Å². The lowest BCUT2D eigenvalue weighted by atomic mass is 10.2. The van der Waals surface area contributed by atoms with Gasteiger partial charge in [0.2, 0.25) is 0 Å². The normalized spacial score (nSPS) is 10.8. The molecule has 5 nitrogen and oxygen atoms in total. The van der Waals surface area contributed by atoms with Gasteiger partial charge in [-0.25, -0.2) is 9.50 Å². The van der Waals surface area contributed by atoms with E-state index >= 15 is 0 Å². The summed E-state index contributed by atoms with van der Waals surface area (Å²) in [6.45, 7) is 0. The fourth-order valence-electron chi connectivity index (χ4n) is 1.63. The third-order valence-corrected chi connectivity index (χ3v) is 2.37. The first-order valence-corrected chi connectivity index (χ1v) is 4.83. The highest BCUT2D eigenvalue weighted by atomic mass is 16.1. The summed E-state index contributed by atoms with van der Waals surface area (Å²) in [5.41, 5.74) is 2.07. The van der Waals surface area contributed by atoms with Crippen molar-refractivity contribution in [1.29, 1.82) is 0 Å². The predicted molar refractivity (Wildman–Crippen MR) is 59.0 cm³/mol. The molecule has 0 atom stereocenters. The molecule has 5 heteroatoms. The molecule has 1 N–H and O–H groups in total. The zero-order valence-corrected chi connectivity index (χ0v) is 8.29. The molecule has 0 aliphatic rings. The number of nitrogens with zero attached hydrogens (tertiary/aromatic N) is 3. The van der Waals surface area contributed by atoms with Crippen molar-refractivity contribution < 1.29 is 0 Å². The Balaban J connectivity index is 2.34. The molecule has 78 valence electrons. The van der Waals surface area contributed by atoms with Gasteiger partial charge in [0.1, 0.15) is 0 Å². The average molecular weight is 212 g/mol. The number of H-pyrrole nitrogens is 1. The Morgan fingerprint density at radius 1 is 1.12 bits per heavy atom. The maximum atomic E-state index is 11.5. The van der Waals surface area contributed by atoms with Crippen LogP contribution in [0.1, 0.15) is 0 Å². The summed E-state index contributed by atoms with van der Waals surface area (Å²) in [7, 11) is 0. The van der Waals surface area contributed by atoms with E-state index in [1.807, 2.05) is 18.2 Å². The Hall–Kier alpha value is -2.43. The number of nitrogens with one attached hydrogen (secondary N) is 1. The minimum Gasteiger partial charge on any atom is -0.296 e. The molecule has 0 fully saturated rings. The predicted octanol–water partition coefficient (Wildman–Crippen LogP) is 1.08. The fraction of sp³-hybridized carbons (Fsp3) is 0. The Morgan fingerprint density at radius 3 is 2.88 bits per heavy atom. The lowest BCUT2D eigenvalue weighted by molar-refractivity contribution is 0.899. The zero-order valence-electron chi connectivity index (χ0n) is 8.29. The maximum Gasteiger partial charge on any atom is 0.272 e. The van der Waals surface area contributed by atoms with Gasteiger partial charge in [-0.1, -0.05) is 6.07 Å². The van der Waals surface area contributed by atoms with Crippen molar-refractivity contribution in [2.45, 2.75) is 0 Å². The van der Waals surface area contributed by atoms with Crippen molar-refractivity contribution in [3.05, 3.63) is 53.2 Å². The molecular formula is C11H8N4O. The monoisotopic (exact) mass is 212 g/mol. The molecule has 0 aliphatic heterocycles. The van der Waals surface area contributed by atoms with Crippen LogP contribution in [0.3, 0.4) is 0 Å². The number of pyridine rings is 1. The molecule has 0 spiro atoms. The van der Waals surface area contributed by atoms with Gasteiger partial charge < -0.3 is 0 Å². The molecule has 3 aromatic heterocycles. The first-order valence-electron chi connectivity index (χ1n) is 4.83. The van der Waals surface area contributed by atoms with Crippen LogP contribution in [0.15, 0.2) is 47.7 Å². The van der Waals surface area contributed by atoms with Gasteiger partial charge in [0.05, 0.1) is 11.3 Å². The summed E-state index contributed by atoms with van der Waals surface area (Å²) in [5, 5.41) is 2.86. The molecule has 0 amide bonds. The summed E-state index contributed by atoms with van der Waals surface area (Å²) in [4.78, 5) is 19.9. The second-order valence-electron chi connectivity index (χ2n) is 3.34. The van der Waals surface area contributed by atoms with E-state index in [1.165, 1.54) is 16.8 Å². The first kappa shape index (κ1) is 8.84. The number of fused-ring (bicyclic) bond motifs is 1. The first-order chi connectivity index (χ1) is 7.86. The lowest BCUT2D eigenvalue weighted by Gasteiger charge is -1.96. The van der Waals surface area contributed by atoms with E-state index in [2.05, 4.69) is 15.1 Å².